The van der Waals surface area contributed by atoms with Crippen molar-refractivity contribution in [3.63, 3.8) is 0 Å². The van der Waals surface area contributed by atoms with Gasteiger partial charge in [-0.15, -0.1) is 0 Å². The van der Waals surface area contributed by atoms with Crippen molar-refractivity contribution in [2.75, 3.05) is 6.54 Å². The first-order chi connectivity index (χ1) is 12.8. The smallest absolute Gasteiger partial charge is 0.242 e. The molecule has 0 radical (unpaired) electrons. The first kappa shape index (κ1) is 21.0. The van der Waals surface area contributed by atoms with E-state index in [0.717, 1.165) is 16.7 Å². The van der Waals surface area contributed by atoms with E-state index in [1.807, 2.05) is 57.2 Å². The molecule has 0 aliphatic carbocycles. The maximum absolute atomic E-state index is 13.1. The molecule has 4 nitrogen and oxygen atoms in total. The van der Waals surface area contributed by atoms with Crippen molar-refractivity contribution < 1.29 is 9.59 Å². The van der Waals surface area contributed by atoms with E-state index in [1.165, 1.54) is 5.56 Å². The van der Waals surface area contributed by atoms with Crippen LogP contribution in [0.15, 0.2) is 42.5 Å². The van der Waals surface area contributed by atoms with Crippen LogP contribution in [-0.4, -0.2) is 29.3 Å². The standard InChI is InChI=1S/C22H27ClN2O2/c1-5-24-22(27)17(4)25(14-19-8-6-7-9-20(19)23)21(26)13-18-11-10-15(2)16(3)12-18/h6-12,17H,5,13-14H2,1-4H3,(H,24,27)/t17-/m1/s1. The molecular formula is C22H27ClN2O2. The molecule has 27 heavy (non-hydrogen) atoms. The fraction of sp³-hybridized carbons (Fsp3) is 0.364. The molecule has 5 heteroatoms. The molecule has 0 spiro atoms. The highest BCUT2D eigenvalue weighted by atomic mass is 35.5. The van der Waals surface area contributed by atoms with Crippen molar-refractivity contribution in [2.24, 2.45) is 0 Å². The summed E-state index contributed by atoms with van der Waals surface area (Å²) in [5.41, 5.74) is 4.10. The number of benzene rings is 2. The molecule has 0 aromatic heterocycles. The van der Waals surface area contributed by atoms with Crippen LogP contribution in [0, 0.1) is 13.8 Å². The van der Waals surface area contributed by atoms with Crippen molar-refractivity contribution in [3.05, 3.63) is 69.7 Å². The van der Waals surface area contributed by atoms with Crippen LogP contribution < -0.4 is 5.32 Å². The van der Waals surface area contributed by atoms with Crippen molar-refractivity contribution in [1.29, 1.82) is 0 Å². The van der Waals surface area contributed by atoms with E-state index in [1.54, 1.807) is 17.9 Å². The molecule has 1 N–H and O–H groups in total. The summed E-state index contributed by atoms with van der Waals surface area (Å²) in [6, 6.07) is 12.8. The van der Waals surface area contributed by atoms with Gasteiger partial charge in [-0.05, 0) is 56.0 Å². The van der Waals surface area contributed by atoms with Gasteiger partial charge in [-0.3, -0.25) is 9.59 Å². The molecule has 2 amide bonds. The summed E-state index contributed by atoms with van der Waals surface area (Å²) in [5.74, 6) is -0.269. The molecule has 0 fully saturated rings. The number of rotatable bonds is 7. The molecule has 2 aromatic carbocycles. The summed E-state index contributed by atoms with van der Waals surface area (Å²) < 4.78 is 0. The highest BCUT2D eigenvalue weighted by molar-refractivity contribution is 6.31. The summed E-state index contributed by atoms with van der Waals surface area (Å²) in [4.78, 5) is 27.1. The first-order valence-corrected chi connectivity index (χ1v) is 9.58. The van der Waals surface area contributed by atoms with Gasteiger partial charge in [-0.2, -0.15) is 0 Å². The van der Waals surface area contributed by atoms with Crippen molar-refractivity contribution in [1.82, 2.24) is 10.2 Å². The van der Waals surface area contributed by atoms with Crippen LogP contribution in [0.5, 0.6) is 0 Å². The van der Waals surface area contributed by atoms with Crippen molar-refractivity contribution >= 4 is 23.4 Å². The number of halogens is 1. The Morgan fingerprint density at radius 3 is 2.44 bits per heavy atom. The van der Waals surface area contributed by atoms with Gasteiger partial charge in [0.1, 0.15) is 6.04 Å². The summed E-state index contributed by atoms with van der Waals surface area (Å²) >= 11 is 6.28. The number of carbonyl (C=O) groups excluding carboxylic acids is 2. The molecule has 1 atom stereocenters. The summed E-state index contributed by atoms with van der Waals surface area (Å²) in [6.07, 6.45) is 0.245. The van der Waals surface area contributed by atoms with E-state index in [2.05, 4.69) is 5.32 Å². The number of nitrogens with one attached hydrogen (secondary N) is 1. The lowest BCUT2D eigenvalue weighted by atomic mass is 10.0. The number of amides is 2. The van der Waals surface area contributed by atoms with Crippen LogP contribution in [0.25, 0.3) is 0 Å². The van der Waals surface area contributed by atoms with Crippen LogP contribution in [0.1, 0.15) is 36.1 Å². The summed E-state index contributed by atoms with van der Waals surface area (Å²) in [5, 5.41) is 3.38. The van der Waals surface area contributed by atoms with Crippen LogP contribution in [0.4, 0.5) is 0 Å². The Morgan fingerprint density at radius 1 is 1.11 bits per heavy atom. The Hall–Kier alpha value is -2.33. The molecule has 2 rings (SSSR count). The van der Waals surface area contributed by atoms with Crippen LogP contribution >= 0.6 is 11.6 Å². The maximum Gasteiger partial charge on any atom is 0.242 e. The van der Waals surface area contributed by atoms with Crippen LogP contribution in [0.2, 0.25) is 5.02 Å². The quantitative estimate of drug-likeness (QED) is 0.780. The normalized spacial score (nSPS) is 11.7. The Labute approximate surface area is 166 Å². The number of aryl methyl sites for hydroxylation is 2. The van der Waals surface area contributed by atoms with Gasteiger partial charge in [0.05, 0.1) is 6.42 Å². The highest BCUT2D eigenvalue weighted by Gasteiger charge is 2.26. The SMILES string of the molecule is CCNC(=O)[C@@H](C)N(Cc1ccccc1Cl)C(=O)Cc1ccc(C)c(C)c1. The van der Waals surface area contributed by atoms with Gasteiger partial charge < -0.3 is 10.2 Å². The molecule has 0 saturated heterocycles. The highest BCUT2D eigenvalue weighted by Crippen LogP contribution is 2.20. The van der Waals surface area contributed by atoms with Gasteiger partial charge in [-0.1, -0.05) is 48.0 Å². The lowest BCUT2D eigenvalue weighted by Gasteiger charge is -2.29. The third-order valence-electron chi connectivity index (χ3n) is 4.74. The fourth-order valence-corrected chi connectivity index (χ4v) is 3.10. The van der Waals surface area contributed by atoms with E-state index in [0.29, 0.717) is 18.1 Å². The number of carbonyl (C=O) groups is 2. The predicted molar refractivity (Wildman–Crippen MR) is 110 cm³/mol. The second-order valence-electron chi connectivity index (χ2n) is 6.78. The molecule has 144 valence electrons. The van der Waals surface area contributed by atoms with Gasteiger partial charge in [0.15, 0.2) is 0 Å². The molecule has 0 aliphatic heterocycles. The minimum absolute atomic E-state index is 0.100. The Kier molecular flexibility index (Phi) is 7.43. The molecule has 0 heterocycles. The second-order valence-corrected chi connectivity index (χ2v) is 7.19. The van der Waals surface area contributed by atoms with Gasteiger partial charge in [0.2, 0.25) is 11.8 Å². The monoisotopic (exact) mass is 386 g/mol. The molecule has 2 aromatic rings. The van der Waals surface area contributed by atoms with Gasteiger partial charge >= 0.3 is 0 Å². The average molecular weight is 387 g/mol. The van der Waals surface area contributed by atoms with Gasteiger partial charge in [0.25, 0.3) is 0 Å². The minimum Gasteiger partial charge on any atom is -0.355 e. The zero-order valence-electron chi connectivity index (χ0n) is 16.4. The molecule has 0 bridgehead atoms. The van der Waals surface area contributed by atoms with E-state index < -0.39 is 6.04 Å². The fourth-order valence-electron chi connectivity index (χ4n) is 2.90. The lowest BCUT2D eigenvalue weighted by Crippen LogP contribution is -2.48. The third-order valence-corrected chi connectivity index (χ3v) is 5.11. The van der Waals surface area contributed by atoms with Crippen molar-refractivity contribution in [2.45, 2.75) is 46.7 Å². The topological polar surface area (TPSA) is 49.4 Å². The summed E-state index contributed by atoms with van der Waals surface area (Å²) in [6.45, 7) is 8.50. The van der Waals surface area contributed by atoms with Gasteiger partial charge in [-0.25, -0.2) is 0 Å². The zero-order valence-corrected chi connectivity index (χ0v) is 17.1. The van der Waals surface area contributed by atoms with E-state index in [-0.39, 0.29) is 18.2 Å². The van der Waals surface area contributed by atoms with Crippen LogP contribution in [-0.2, 0) is 22.6 Å². The Morgan fingerprint density at radius 2 is 1.81 bits per heavy atom. The Bertz CT molecular complexity index is 820. The minimum atomic E-state index is -0.583. The lowest BCUT2D eigenvalue weighted by molar-refractivity contribution is -0.140. The number of likely N-dealkylation sites (N-methyl/N-ethyl adjacent to an activating group) is 1. The third kappa shape index (κ3) is 5.57. The number of hydrogen-bond acceptors (Lipinski definition) is 2. The first-order valence-electron chi connectivity index (χ1n) is 9.20. The van der Waals surface area contributed by atoms with Gasteiger partial charge in [0, 0.05) is 18.1 Å². The maximum atomic E-state index is 13.1. The molecule has 0 saturated carbocycles. The molecular weight excluding hydrogens is 360 g/mol. The van der Waals surface area contributed by atoms with Crippen molar-refractivity contribution in [3.8, 4) is 0 Å². The van der Waals surface area contributed by atoms with E-state index in [4.69, 9.17) is 11.6 Å². The second kappa shape index (κ2) is 9.56. The predicted octanol–water partition coefficient (Wildman–Crippen LogP) is 4.05. The number of nitrogens with zero attached hydrogens (tertiary/aromatic N) is 1. The van der Waals surface area contributed by atoms with E-state index in [9.17, 15) is 9.59 Å². The summed E-state index contributed by atoms with van der Waals surface area (Å²) in [7, 11) is 0. The largest absolute Gasteiger partial charge is 0.355 e. The zero-order chi connectivity index (χ0) is 20.0. The molecule has 0 unspecified atom stereocenters. The van der Waals surface area contributed by atoms with E-state index >= 15 is 0 Å². The number of hydrogen-bond donors (Lipinski definition) is 1. The average Bonchev–Trinajstić information content (AvgIpc) is 2.63. The Balaban J connectivity index is 2.26. The molecule has 0 aliphatic rings. The van der Waals surface area contributed by atoms with Crippen LogP contribution in [0.3, 0.4) is 0 Å².